The van der Waals surface area contributed by atoms with E-state index in [4.69, 9.17) is 19.3 Å². The lowest BCUT2D eigenvalue weighted by molar-refractivity contribution is -0.151. The summed E-state index contributed by atoms with van der Waals surface area (Å²) in [5, 5.41) is 28.2. The largest absolute Gasteiger partial charge is 0.504 e. The minimum Gasteiger partial charge on any atom is -0.504 e. The number of benzene rings is 2. The Hall–Kier alpha value is -3.19. The van der Waals surface area contributed by atoms with Crippen molar-refractivity contribution < 1.29 is 34.3 Å². The fourth-order valence-electron chi connectivity index (χ4n) is 2.70. The summed E-state index contributed by atoms with van der Waals surface area (Å²) in [7, 11) is 1.40. The number of ether oxygens (including phenoxy) is 3. The molecule has 3 rings (SSSR count). The minimum atomic E-state index is -1.25. The Balaban J connectivity index is 1.99. The van der Waals surface area contributed by atoms with E-state index < -0.39 is 18.2 Å². The highest BCUT2D eigenvalue weighted by Gasteiger charge is 2.38. The zero-order valence-corrected chi connectivity index (χ0v) is 14.0. The molecule has 2 atom stereocenters. The van der Waals surface area contributed by atoms with Gasteiger partial charge in [0.1, 0.15) is 0 Å². The fraction of sp³-hybridized carbons (Fsp3) is 0.211. The van der Waals surface area contributed by atoms with Crippen LogP contribution in [0, 0.1) is 0 Å². The molecule has 136 valence electrons. The van der Waals surface area contributed by atoms with Gasteiger partial charge in [-0.05, 0) is 29.8 Å². The summed E-state index contributed by atoms with van der Waals surface area (Å²) >= 11 is 0. The van der Waals surface area contributed by atoms with Crippen LogP contribution < -0.4 is 14.2 Å². The monoisotopic (exact) mass is 358 g/mol. The zero-order chi connectivity index (χ0) is 18.7. The molecule has 2 aromatic carbocycles. The number of phenols is 1. The van der Waals surface area contributed by atoms with Crippen molar-refractivity contribution in [2.24, 2.45) is 0 Å². The van der Waals surface area contributed by atoms with E-state index >= 15 is 0 Å². The number of aromatic hydroxyl groups is 1. The molecule has 0 spiro atoms. The van der Waals surface area contributed by atoms with Crippen molar-refractivity contribution in [3.63, 3.8) is 0 Å². The number of fused-ring (bicyclic) bond motifs is 1. The summed E-state index contributed by atoms with van der Waals surface area (Å²) in [4.78, 5) is 11.7. The molecule has 1 heterocycles. The number of carboxylic acids is 1. The summed E-state index contributed by atoms with van der Waals surface area (Å²) in [6.45, 7) is -0.0918. The second-order valence-electron chi connectivity index (χ2n) is 5.64. The summed E-state index contributed by atoms with van der Waals surface area (Å²) in [6.07, 6.45) is 1.11. The number of phenolic OH excluding ortho intramolecular Hbond substituents is 1. The number of aliphatic carboxylic acids is 1. The first-order valence-electron chi connectivity index (χ1n) is 7.88. The van der Waals surface area contributed by atoms with Crippen LogP contribution in [-0.2, 0) is 4.79 Å². The highest BCUT2D eigenvalue weighted by atomic mass is 16.6. The Morgan fingerprint density at radius 1 is 1.19 bits per heavy atom. The number of aliphatic hydroxyl groups excluding tert-OH is 1. The van der Waals surface area contributed by atoms with Gasteiger partial charge in [-0.3, -0.25) is 0 Å². The van der Waals surface area contributed by atoms with E-state index in [2.05, 4.69) is 0 Å². The van der Waals surface area contributed by atoms with Crippen LogP contribution in [-0.4, -0.2) is 41.1 Å². The average Bonchev–Trinajstić information content (AvgIpc) is 2.65. The van der Waals surface area contributed by atoms with Crippen molar-refractivity contribution in [2.75, 3.05) is 13.7 Å². The minimum absolute atomic E-state index is 0.0586. The van der Waals surface area contributed by atoms with E-state index in [1.165, 1.54) is 19.2 Å². The molecule has 0 amide bonds. The molecule has 26 heavy (non-hydrogen) atoms. The highest BCUT2D eigenvalue weighted by molar-refractivity contribution is 5.75. The summed E-state index contributed by atoms with van der Waals surface area (Å²) in [5.41, 5.74) is 1.27. The number of methoxy groups -OCH3 is 1. The first-order chi connectivity index (χ1) is 12.5. The van der Waals surface area contributed by atoms with E-state index in [0.29, 0.717) is 17.1 Å². The van der Waals surface area contributed by atoms with Gasteiger partial charge in [-0.2, -0.15) is 0 Å². The molecule has 7 nitrogen and oxygen atoms in total. The topological polar surface area (TPSA) is 105 Å². The normalized spacial score (nSPS) is 18.7. The zero-order valence-electron chi connectivity index (χ0n) is 14.0. The molecular formula is C19H18O7. The van der Waals surface area contributed by atoms with Gasteiger partial charge >= 0.3 is 5.97 Å². The summed E-state index contributed by atoms with van der Waals surface area (Å²) < 4.78 is 16.6. The van der Waals surface area contributed by atoms with E-state index in [1.807, 2.05) is 0 Å². The maximum absolute atomic E-state index is 11.7. The lowest BCUT2D eigenvalue weighted by atomic mass is 10.0. The predicted octanol–water partition coefficient (Wildman–Crippen LogP) is 2.37. The van der Waals surface area contributed by atoms with Crippen LogP contribution in [0.2, 0.25) is 0 Å². The van der Waals surface area contributed by atoms with Gasteiger partial charge in [0.2, 0.25) is 6.10 Å². The van der Waals surface area contributed by atoms with Crippen LogP contribution >= 0.6 is 0 Å². The number of hydrogen-bond acceptors (Lipinski definition) is 6. The van der Waals surface area contributed by atoms with Gasteiger partial charge < -0.3 is 29.5 Å². The number of carboxylic acid groups (broad SMARTS) is 1. The number of rotatable bonds is 5. The molecule has 3 N–H and O–H groups in total. The van der Waals surface area contributed by atoms with Crippen LogP contribution in [0.15, 0.2) is 42.5 Å². The molecule has 0 saturated heterocycles. The smallest absolute Gasteiger partial charge is 0.349 e. The molecule has 0 saturated carbocycles. The maximum atomic E-state index is 11.7. The summed E-state index contributed by atoms with van der Waals surface area (Å²) in [6, 6.07) is 9.53. The van der Waals surface area contributed by atoms with Gasteiger partial charge in [0.05, 0.1) is 13.7 Å². The Bertz CT molecular complexity index is 844. The van der Waals surface area contributed by atoms with Crippen LogP contribution in [0.3, 0.4) is 0 Å². The number of hydrogen-bond donors (Lipinski definition) is 3. The number of carbonyl (C=O) groups is 1. The predicted molar refractivity (Wildman–Crippen MR) is 92.6 cm³/mol. The van der Waals surface area contributed by atoms with Crippen LogP contribution in [0.25, 0.3) is 6.08 Å². The molecule has 7 heteroatoms. The molecule has 1 aliphatic heterocycles. The Labute approximate surface area is 149 Å². The molecule has 1 aliphatic rings. The number of aliphatic hydroxyl groups is 1. The van der Waals surface area contributed by atoms with Gasteiger partial charge in [0.15, 0.2) is 29.1 Å². The fourth-order valence-corrected chi connectivity index (χ4v) is 2.70. The van der Waals surface area contributed by atoms with Crippen molar-refractivity contribution in [3.8, 4) is 23.0 Å². The second kappa shape index (κ2) is 7.37. The van der Waals surface area contributed by atoms with E-state index in [9.17, 15) is 15.0 Å². The lowest BCUT2D eigenvalue weighted by Crippen LogP contribution is -2.39. The molecule has 0 fully saturated rings. The van der Waals surface area contributed by atoms with Crippen molar-refractivity contribution in [1.82, 2.24) is 0 Å². The van der Waals surface area contributed by atoms with E-state index in [-0.39, 0.29) is 18.1 Å². The van der Waals surface area contributed by atoms with Crippen molar-refractivity contribution >= 4 is 12.0 Å². The molecule has 0 bridgehead atoms. The maximum Gasteiger partial charge on any atom is 0.349 e. The standard InChI is InChI=1S/C19H18O7/c1-24-15-10-12(5-6-13(15)21)17-18(19(22)23)25-14-7-4-11(3-2-8-20)9-16(14)26-17/h2-7,9-10,17-18,20-21H,8H2,1H3,(H,22,23). The Kier molecular flexibility index (Phi) is 4.99. The molecule has 0 aliphatic carbocycles. The quantitative estimate of drug-likeness (QED) is 0.753. The average molecular weight is 358 g/mol. The molecular weight excluding hydrogens is 340 g/mol. The Morgan fingerprint density at radius 3 is 2.69 bits per heavy atom. The third-order valence-corrected chi connectivity index (χ3v) is 3.94. The SMILES string of the molecule is COc1cc(C2Oc3cc(C=CCO)ccc3OC2C(=O)O)ccc1O. The lowest BCUT2D eigenvalue weighted by Gasteiger charge is -2.32. The molecule has 0 aromatic heterocycles. The summed E-state index contributed by atoms with van der Waals surface area (Å²) in [5.74, 6) is -0.311. The van der Waals surface area contributed by atoms with E-state index in [1.54, 1.807) is 36.4 Å². The third-order valence-electron chi connectivity index (χ3n) is 3.94. The molecule has 0 radical (unpaired) electrons. The van der Waals surface area contributed by atoms with Gasteiger partial charge in [0.25, 0.3) is 0 Å². The highest BCUT2D eigenvalue weighted by Crippen LogP contribution is 2.41. The van der Waals surface area contributed by atoms with Gasteiger partial charge in [-0.15, -0.1) is 0 Å². The Morgan fingerprint density at radius 2 is 2.00 bits per heavy atom. The van der Waals surface area contributed by atoms with E-state index in [0.717, 1.165) is 5.56 Å². The van der Waals surface area contributed by atoms with Crippen LogP contribution in [0.5, 0.6) is 23.0 Å². The second-order valence-corrected chi connectivity index (χ2v) is 5.64. The van der Waals surface area contributed by atoms with Crippen molar-refractivity contribution in [3.05, 3.63) is 53.6 Å². The molecule has 2 aromatic rings. The van der Waals surface area contributed by atoms with Crippen LogP contribution in [0.1, 0.15) is 17.2 Å². The van der Waals surface area contributed by atoms with Crippen molar-refractivity contribution in [2.45, 2.75) is 12.2 Å². The molecule has 2 unspecified atom stereocenters. The van der Waals surface area contributed by atoms with Crippen LogP contribution in [0.4, 0.5) is 0 Å². The first kappa shape index (κ1) is 17.6. The van der Waals surface area contributed by atoms with Gasteiger partial charge in [-0.1, -0.05) is 24.3 Å². The first-order valence-corrected chi connectivity index (χ1v) is 7.88. The van der Waals surface area contributed by atoms with Crippen molar-refractivity contribution in [1.29, 1.82) is 0 Å². The third kappa shape index (κ3) is 3.43. The van der Waals surface area contributed by atoms with Gasteiger partial charge in [0, 0.05) is 5.56 Å². The van der Waals surface area contributed by atoms with Gasteiger partial charge in [-0.25, -0.2) is 4.79 Å².